The van der Waals surface area contributed by atoms with E-state index in [2.05, 4.69) is 5.32 Å². The van der Waals surface area contributed by atoms with Gasteiger partial charge < -0.3 is 15.2 Å². The van der Waals surface area contributed by atoms with Crippen molar-refractivity contribution in [3.8, 4) is 0 Å². The molecule has 0 radical (unpaired) electrons. The summed E-state index contributed by atoms with van der Waals surface area (Å²) in [4.78, 5) is 22.8. The van der Waals surface area contributed by atoms with Gasteiger partial charge in [0, 0.05) is 25.0 Å². The van der Waals surface area contributed by atoms with Crippen molar-refractivity contribution >= 4 is 11.9 Å². The second-order valence-corrected chi connectivity index (χ2v) is 6.27. The molecule has 0 saturated heterocycles. The summed E-state index contributed by atoms with van der Waals surface area (Å²) < 4.78 is 5.31. The fourth-order valence-corrected chi connectivity index (χ4v) is 2.25. The van der Waals surface area contributed by atoms with Crippen molar-refractivity contribution in [1.29, 1.82) is 0 Å². The highest BCUT2D eigenvalue weighted by molar-refractivity contribution is 5.84. The number of hydrogen-bond donors (Lipinski definition) is 2. The maximum atomic E-state index is 11.8. The average molecular weight is 257 g/mol. The van der Waals surface area contributed by atoms with Crippen molar-refractivity contribution in [1.82, 2.24) is 5.32 Å². The summed E-state index contributed by atoms with van der Waals surface area (Å²) in [7, 11) is 1.66. The second kappa shape index (κ2) is 4.88. The number of rotatable bonds is 5. The SMILES string of the molecule is COC1CC(NC(=O)CC(C)(C)C(=O)O)C1(C)C. The van der Waals surface area contributed by atoms with E-state index in [4.69, 9.17) is 9.84 Å². The predicted molar refractivity (Wildman–Crippen MR) is 67.2 cm³/mol. The summed E-state index contributed by atoms with van der Waals surface area (Å²) in [5.41, 5.74) is -1.13. The normalized spacial score (nSPS) is 26.3. The van der Waals surface area contributed by atoms with Gasteiger partial charge in [0.15, 0.2) is 0 Å². The average Bonchev–Trinajstić information content (AvgIpc) is 2.22. The summed E-state index contributed by atoms with van der Waals surface area (Å²) in [6.07, 6.45) is 0.922. The molecular weight excluding hydrogens is 234 g/mol. The Morgan fingerprint density at radius 3 is 2.39 bits per heavy atom. The van der Waals surface area contributed by atoms with Gasteiger partial charge in [-0.25, -0.2) is 0 Å². The highest BCUT2D eigenvalue weighted by Crippen LogP contribution is 2.42. The molecular formula is C13H23NO4. The van der Waals surface area contributed by atoms with Gasteiger partial charge in [0.1, 0.15) is 0 Å². The molecule has 0 aromatic carbocycles. The van der Waals surface area contributed by atoms with E-state index < -0.39 is 11.4 Å². The van der Waals surface area contributed by atoms with Crippen molar-refractivity contribution < 1.29 is 19.4 Å². The molecule has 5 heteroatoms. The molecule has 0 aliphatic heterocycles. The van der Waals surface area contributed by atoms with Gasteiger partial charge in [-0.15, -0.1) is 0 Å². The van der Waals surface area contributed by atoms with Gasteiger partial charge in [0.25, 0.3) is 0 Å². The summed E-state index contributed by atoms with van der Waals surface area (Å²) in [5, 5.41) is 11.9. The molecule has 2 unspecified atom stereocenters. The number of methoxy groups -OCH3 is 1. The lowest BCUT2D eigenvalue weighted by molar-refractivity contribution is -0.151. The first-order valence-electron chi connectivity index (χ1n) is 6.17. The van der Waals surface area contributed by atoms with Crippen LogP contribution in [0.4, 0.5) is 0 Å². The van der Waals surface area contributed by atoms with Gasteiger partial charge in [-0.3, -0.25) is 9.59 Å². The number of carboxylic acid groups (broad SMARTS) is 1. The smallest absolute Gasteiger partial charge is 0.309 e. The van der Waals surface area contributed by atoms with Crippen molar-refractivity contribution in [2.45, 2.75) is 52.7 Å². The molecule has 2 N–H and O–H groups in total. The monoisotopic (exact) mass is 257 g/mol. The molecule has 1 aliphatic rings. The molecule has 0 aromatic rings. The molecule has 2 atom stereocenters. The van der Waals surface area contributed by atoms with Crippen molar-refractivity contribution in [2.75, 3.05) is 7.11 Å². The molecule has 1 saturated carbocycles. The van der Waals surface area contributed by atoms with Crippen LogP contribution >= 0.6 is 0 Å². The van der Waals surface area contributed by atoms with Crippen LogP contribution in [-0.4, -0.2) is 36.2 Å². The quantitative estimate of drug-likeness (QED) is 0.781. The Labute approximate surface area is 108 Å². The number of carbonyl (C=O) groups excluding carboxylic acids is 1. The third kappa shape index (κ3) is 2.83. The van der Waals surface area contributed by atoms with Crippen LogP contribution in [0.3, 0.4) is 0 Å². The number of carboxylic acids is 1. The van der Waals surface area contributed by atoms with Crippen LogP contribution in [0.25, 0.3) is 0 Å². The summed E-state index contributed by atoms with van der Waals surface area (Å²) in [5.74, 6) is -1.17. The molecule has 1 amide bonds. The third-order valence-electron chi connectivity index (χ3n) is 3.98. The Morgan fingerprint density at radius 1 is 1.44 bits per heavy atom. The van der Waals surface area contributed by atoms with Crippen molar-refractivity contribution in [3.63, 3.8) is 0 Å². The minimum Gasteiger partial charge on any atom is -0.481 e. The molecule has 1 fully saturated rings. The Kier molecular flexibility index (Phi) is 4.05. The van der Waals surface area contributed by atoms with Crippen LogP contribution in [0.2, 0.25) is 0 Å². The molecule has 0 aromatic heterocycles. The Morgan fingerprint density at radius 2 is 2.00 bits per heavy atom. The van der Waals surface area contributed by atoms with Crippen LogP contribution < -0.4 is 5.32 Å². The van der Waals surface area contributed by atoms with E-state index in [0.29, 0.717) is 0 Å². The number of carbonyl (C=O) groups is 2. The van der Waals surface area contributed by atoms with Crippen molar-refractivity contribution in [2.24, 2.45) is 10.8 Å². The van der Waals surface area contributed by atoms with Gasteiger partial charge in [0.2, 0.25) is 5.91 Å². The highest BCUT2D eigenvalue weighted by Gasteiger charge is 2.49. The van der Waals surface area contributed by atoms with Crippen molar-refractivity contribution in [3.05, 3.63) is 0 Å². The Balaban J connectivity index is 2.51. The van der Waals surface area contributed by atoms with Crippen LogP contribution in [0.1, 0.15) is 40.5 Å². The van der Waals surface area contributed by atoms with Crippen LogP contribution in [-0.2, 0) is 14.3 Å². The topological polar surface area (TPSA) is 75.6 Å². The van der Waals surface area contributed by atoms with Gasteiger partial charge in [-0.1, -0.05) is 13.8 Å². The lowest BCUT2D eigenvalue weighted by atomic mass is 9.64. The van der Waals surface area contributed by atoms with Crippen LogP contribution in [0.5, 0.6) is 0 Å². The lowest BCUT2D eigenvalue weighted by Crippen LogP contribution is -2.62. The first kappa shape index (κ1) is 15.0. The fourth-order valence-electron chi connectivity index (χ4n) is 2.25. The second-order valence-electron chi connectivity index (χ2n) is 6.27. The first-order valence-corrected chi connectivity index (χ1v) is 6.17. The predicted octanol–water partition coefficient (Wildman–Crippen LogP) is 1.42. The number of hydrogen-bond acceptors (Lipinski definition) is 3. The van der Waals surface area contributed by atoms with Gasteiger partial charge in [0.05, 0.1) is 11.5 Å². The van der Waals surface area contributed by atoms with E-state index in [1.54, 1.807) is 21.0 Å². The van der Waals surface area contributed by atoms with E-state index >= 15 is 0 Å². The maximum absolute atomic E-state index is 11.8. The van der Waals surface area contributed by atoms with Crippen LogP contribution in [0, 0.1) is 10.8 Å². The summed E-state index contributed by atoms with van der Waals surface area (Å²) >= 11 is 0. The minimum atomic E-state index is -1.03. The Hall–Kier alpha value is -1.10. The number of aliphatic carboxylic acids is 1. The molecule has 0 heterocycles. The van der Waals surface area contributed by atoms with E-state index in [9.17, 15) is 9.59 Å². The van der Waals surface area contributed by atoms with Gasteiger partial charge >= 0.3 is 5.97 Å². The summed E-state index contributed by atoms with van der Waals surface area (Å²) in [6, 6.07) is 0.0551. The number of nitrogens with one attached hydrogen (secondary N) is 1. The molecule has 0 bridgehead atoms. The van der Waals surface area contributed by atoms with E-state index in [1.807, 2.05) is 13.8 Å². The van der Waals surface area contributed by atoms with E-state index in [1.165, 1.54) is 0 Å². The van der Waals surface area contributed by atoms with Gasteiger partial charge in [-0.2, -0.15) is 0 Å². The zero-order chi connectivity index (χ0) is 14.1. The first-order chi connectivity index (χ1) is 8.11. The fraction of sp³-hybridized carbons (Fsp3) is 0.846. The highest BCUT2D eigenvalue weighted by atomic mass is 16.5. The van der Waals surface area contributed by atoms with E-state index in [-0.39, 0.29) is 29.9 Å². The summed E-state index contributed by atoms with van der Waals surface area (Å²) in [6.45, 7) is 7.19. The van der Waals surface area contributed by atoms with E-state index in [0.717, 1.165) is 6.42 Å². The Bertz CT molecular complexity index is 349. The standard InChI is InChI=1S/C13H23NO4/c1-12(2,11(16)17)7-10(15)14-8-6-9(18-5)13(8,3)4/h8-9H,6-7H2,1-5H3,(H,14,15)(H,16,17). The lowest BCUT2D eigenvalue weighted by Gasteiger charge is -2.51. The third-order valence-corrected chi connectivity index (χ3v) is 3.98. The van der Waals surface area contributed by atoms with Crippen LogP contribution in [0.15, 0.2) is 0 Å². The number of amides is 1. The molecule has 1 rings (SSSR count). The molecule has 5 nitrogen and oxygen atoms in total. The molecule has 0 spiro atoms. The zero-order valence-corrected chi connectivity index (χ0v) is 11.7. The molecule has 18 heavy (non-hydrogen) atoms. The largest absolute Gasteiger partial charge is 0.481 e. The zero-order valence-electron chi connectivity index (χ0n) is 11.7. The van der Waals surface area contributed by atoms with Gasteiger partial charge in [-0.05, 0) is 20.3 Å². The minimum absolute atomic E-state index is 0.00738. The molecule has 104 valence electrons. The maximum Gasteiger partial charge on any atom is 0.309 e. The number of ether oxygens (including phenoxy) is 1. The molecule has 1 aliphatic carbocycles.